The molecule has 1 heterocycles. The third-order valence-corrected chi connectivity index (χ3v) is 3.64. The van der Waals surface area contributed by atoms with Gasteiger partial charge >= 0.3 is 6.36 Å². The van der Waals surface area contributed by atoms with Gasteiger partial charge < -0.3 is 15.2 Å². The van der Waals surface area contributed by atoms with Crippen LogP contribution in [0.4, 0.5) is 13.2 Å². The number of rotatable bonds is 6. The first-order valence-corrected chi connectivity index (χ1v) is 7.59. The van der Waals surface area contributed by atoms with Crippen LogP contribution < -0.4 is 10.1 Å². The Hall–Kier alpha value is -2.06. The molecule has 1 aromatic carbocycles. The first-order chi connectivity index (χ1) is 10.8. The summed E-state index contributed by atoms with van der Waals surface area (Å²) in [7, 11) is 0. The fourth-order valence-corrected chi connectivity index (χ4v) is 2.56. The average Bonchev–Trinajstić information content (AvgIpc) is 2.99. The Morgan fingerprint density at radius 1 is 1.26 bits per heavy atom. The number of hydrogen-bond acceptors (Lipinski definition) is 4. The molecule has 23 heavy (non-hydrogen) atoms. The Kier molecular flexibility index (Phi) is 5.62. The maximum Gasteiger partial charge on any atom is 0.573 e. The standard InChI is InChI=1S/C15H14F3NO3S/c16-15(17,18)22-12-3-1-10(2-4-12)7-14(21)19-8-13(20)11-5-6-23-9-11/h1-6,9,13,20H,7-8H2,(H,19,21). The van der Waals surface area contributed by atoms with Crippen molar-refractivity contribution >= 4 is 17.2 Å². The Labute approximate surface area is 134 Å². The van der Waals surface area contributed by atoms with Gasteiger partial charge in [-0.1, -0.05) is 12.1 Å². The Balaban J connectivity index is 1.81. The van der Waals surface area contributed by atoms with E-state index >= 15 is 0 Å². The van der Waals surface area contributed by atoms with E-state index in [4.69, 9.17) is 0 Å². The van der Waals surface area contributed by atoms with Crippen molar-refractivity contribution in [2.75, 3.05) is 6.54 Å². The molecule has 1 atom stereocenters. The molecule has 1 unspecified atom stereocenters. The molecule has 124 valence electrons. The van der Waals surface area contributed by atoms with E-state index in [0.717, 1.165) is 17.7 Å². The van der Waals surface area contributed by atoms with Gasteiger partial charge in [-0.15, -0.1) is 13.2 Å². The lowest BCUT2D eigenvalue weighted by Gasteiger charge is -2.11. The molecule has 0 radical (unpaired) electrons. The molecule has 4 nitrogen and oxygen atoms in total. The normalized spacial score (nSPS) is 12.7. The topological polar surface area (TPSA) is 58.6 Å². The monoisotopic (exact) mass is 345 g/mol. The highest BCUT2D eigenvalue weighted by Gasteiger charge is 2.30. The Morgan fingerprint density at radius 2 is 1.96 bits per heavy atom. The number of amides is 1. The highest BCUT2D eigenvalue weighted by Crippen LogP contribution is 2.22. The minimum absolute atomic E-state index is 0.00263. The molecule has 1 amide bonds. The molecule has 2 aromatic rings. The van der Waals surface area contributed by atoms with Gasteiger partial charge in [-0.3, -0.25) is 4.79 Å². The van der Waals surface area contributed by atoms with Crippen molar-refractivity contribution in [3.8, 4) is 5.75 Å². The molecule has 0 fully saturated rings. The van der Waals surface area contributed by atoms with Crippen LogP contribution in [0, 0.1) is 0 Å². The van der Waals surface area contributed by atoms with Crippen LogP contribution in [-0.4, -0.2) is 23.9 Å². The molecular formula is C15H14F3NO3S. The maximum absolute atomic E-state index is 12.0. The lowest BCUT2D eigenvalue weighted by atomic mass is 10.1. The summed E-state index contributed by atoms with van der Waals surface area (Å²) in [6.45, 7) is 0.0742. The zero-order valence-electron chi connectivity index (χ0n) is 11.8. The molecule has 0 saturated heterocycles. The predicted octanol–water partition coefficient (Wildman–Crippen LogP) is 3.04. The maximum atomic E-state index is 12.0. The summed E-state index contributed by atoms with van der Waals surface area (Å²) in [4.78, 5) is 11.8. The van der Waals surface area contributed by atoms with Crippen molar-refractivity contribution in [2.45, 2.75) is 18.9 Å². The Morgan fingerprint density at radius 3 is 2.52 bits per heavy atom. The van der Waals surface area contributed by atoms with E-state index in [9.17, 15) is 23.1 Å². The molecule has 8 heteroatoms. The third kappa shape index (κ3) is 5.91. The van der Waals surface area contributed by atoms with Crippen LogP contribution in [0.25, 0.3) is 0 Å². The van der Waals surface area contributed by atoms with Crippen LogP contribution in [0.3, 0.4) is 0 Å². The highest BCUT2D eigenvalue weighted by atomic mass is 32.1. The van der Waals surface area contributed by atoms with Gasteiger partial charge in [0.05, 0.1) is 12.5 Å². The first-order valence-electron chi connectivity index (χ1n) is 6.65. The van der Waals surface area contributed by atoms with Gasteiger partial charge in [0.2, 0.25) is 5.91 Å². The predicted molar refractivity (Wildman–Crippen MR) is 79.1 cm³/mol. The molecule has 2 N–H and O–H groups in total. The number of ether oxygens (including phenoxy) is 1. The van der Waals surface area contributed by atoms with E-state index in [2.05, 4.69) is 10.1 Å². The summed E-state index contributed by atoms with van der Waals surface area (Å²) >= 11 is 1.45. The van der Waals surface area contributed by atoms with Gasteiger partial charge in [0.1, 0.15) is 5.75 Å². The summed E-state index contributed by atoms with van der Waals surface area (Å²) in [5.74, 6) is -0.668. The lowest BCUT2D eigenvalue weighted by molar-refractivity contribution is -0.274. The number of hydrogen-bond donors (Lipinski definition) is 2. The van der Waals surface area contributed by atoms with Gasteiger partial charge in [0, 0.05) is 6.54 Å². The molecule has 2 rings (SSSR count). The van der Waals surface area contributed by atoms with E-state index in [1.807, 2.05) is 5.38 Å². The van der Waals surface area contributed by atoms with Crippen molar-refractivity contribution in [3.05, 3.63) is 52.2 Å². The molecule has 0 spiro atoms. The molecule has 0 aliphatic heterocycles. The van der Waals surface area contributed by atoms with Gasteiger partial charge in [-0.05, 0) is 40.1 Å². The van der Waals surface area contributed by atoms with Crippen molar-refractivity contribution in [1.29, 1.82) is 0 Å². The minimum atomic E-state index is -4.74. The highest BCUT2D eigenvalue weighted by molar-refractivity contribution is 7.07. The molecular weight excluding hydrogens is 331 g/mol. The second-order valence-electron chi connectivity index (χ2n) is 4.75. The molecule has 0 aliphatic rings. The minimum Gasteiger partial charge on any atom is -0.406 e. The van der Waals surface area contributed by atoms with Gasteiger partial charge in [0.15, 0.2) is 0 Å². The van der Waals surface area contributed by atoms with Crippen molar-refractivity contribution in [1.82, 2.24) is 5.32 Å². The van der Waals surface area contributed by atoms with E-state index in [1.165, 1.54) is 23.5 Å². The summed E-state index contributed by atoms with van der Waals surface area (Å²) in [6.07, 6.45) is -5.52. The van der Waals surface area contributed by atoms with Crippen molar-refractivity contribution in [2.24, 2.45) is 0 Å². The molecule has 0 aliphatic carbocycles. The van der Waals surface area contributed by atoms with E-state index in [0.29, 0.717) is 5.56 Å². The van der Waals surface area contributed by atoms with Gasteiger partial charge in [-0.25, -0.2) is 0 Å². The number of nitrogens with one attached hydrogen (secondary N) is 1. The number of aliphatic hydroxyl groups excluding tert-OH is 1. The quantitative estimate of drug-likeness (QED) is 0.846. The fourth-order valence-electron chi connectivity index (χ4n) is 1.85. The molecule has 0 saturated carbocycles. The lowest BCUT2D eigenvalue weighted by Crippen LogP contribution is -2.29. The fraction of sp³-hybridized carbons (Fsp3) is 0.267. The number of halogens is 3. The van der Waals surface area contributed by atoms with Crippen LogP contribution in [-0.2, 0) is 11.2 Å². The smallest absolute Gasteiger partial charge is 0.406 e. The number of carbonyl (C=O) groups is 1. The summed E-state index contributed by atoms with van der Waals surface area (Å²) in [5.41, 5.74) is 1.27. The number of thiophene rings is 1. The number of benzene rings is 1. The molecule has 0 bridgehead atoms. The number of alkyl halides is 3. The van der Waals surface area contributed by atoms with Crippen molar-refractivity contribution < 1.29 is 27.8 Å². The summed E-state index contributed by atoms with van der Waals surface area (Å²) in [6, 6.07) is 6.83. The zero-order chi connectivity index (χ0) is 16.9. The number of aliphatic hydroxyl groups is 1. The van der Waals surface area contributed by atoms with Gasteiger partial charge in [0.25, 0.3) is 0 Å². The zero-order valence-corrected chi connectivity index (χ0v) is 12.7. The summed E-state index contributed by atoms with van der Waals surface area (Å²) in [5, 5.41) is 16.0. The summed E-state index contributed by atoms with van der Waals surface area (Å²) < 4.78 is 39.9. The van der Waals surface area contributed by atoms with Crippen LogP contribution in [0.1, 0.15) is 17.2 Å². The molecule has 1 aromatic heterocycles. The second kappa shape index (κ2) is 7.47. The van der Waals surface area contributed by atoms with Crippen LogP contribution in [0.15, 0.2) is 41.1 Å². The van der Waals surface area contributed by atoms with Crippen molar-refractivity contribution in [3.63, 3.8) is 0 Å². The largest absolute Gasteiger partial charge is 0.573 e. The van der Waals surface area contributed by atoms with Crippen LogP contribution in [0.2, 0.25) is 0 Å². The van der Waals surface area contributed by atoms with Gasteiger partial charge in [-0.2, -0.15) is 11.3 Å². The Bertz CT molecular complexity index is 626. The van der Waals surface area contributed by atoms with E-state index in [-0.39, 0.29) is 24.6 Å². The first kappa shape index (κ1) is 17.3. The van der Waals surface area contributed by atoms with E-state index in [1.54, 1.807) is 11.4 Å². The SMILES string of the molecule is O=C(Cc1ccc(OC(F)(F)F)cc1)NCC(O)c1ccsc1. The van der Waals surface area contributed by atoms with Crippen LogP contribution in [0.5, 0.6) is 5.75 Å². The third-order valence-electron chi connectivity index (χ3n) is 2.94. The number of carbonyl (C=O) groups excluding carboxylic acids is 1. The van der Waals surface area contributed by atoms with E-state index < -0.39 is 12.5 Å². The van der Waals surface area contributed by atoms with Crippen LogP contribution >= 0.6 is 11.3 Å². The average molecular weight is 345 g/mol. The second-order valence-corrected chi connectivity index (χ2v) is 5.53.